The van der Waals surface area contributed by atoms with Crippen LogP contribution >= 0.6 is 11.6 Å². The molecule has 0 radical (unpaired) electrons. The van der Waals surface area contributed by atoms with Crippen LogP contribution in [0.15, 0.2) is 29.4 Å². The number of hydrazone groups is 1. The lowest BCUT2D eigenvalue weighted by Crippen LogP contribution is -2.16. The fourth-order valence-corrected chi connectivity index (χ4v) is 2.62. The van der Waals surface area contributed by atoms with Crippen molar-refractivity contribution in [2.45, 2.75) is 71.1 Å². The fraction of sp³-hybridized carbons (Fsp3) is 0.579. The second-order valence-electron chi connectivity index (χ2n) is 5.93. The first kappa shape index (κ1) is 19.7. The molecule has 1 rings (SSSR count). The molecule has 0 aliphatic carbocycles. The van der Waals surface area contributed by atoms with E-state index in [1.54, 1.807) is 18.3 Å². The van der Waals surface area contributed by atoms with E-state index in [9.17, 15) is 4.79 Å². The van der Waals surface area contributed by atoms with Crippen LogP contribution in [0.3, 0.4) is 0 Å². The Kier molecular flexibility index (Phi) is 11.2. The van der Waals surface area contributed by atoms with E-state index in [1.165, 1.54) is 44.9 Å². The molecule has 0 saturated heterocycles. The Morgan fingerprint density at radius 2 is 1.74 bits per heavy atom. The molecule has 0 heterocycles. The van der Waals surface area contributed by atoms with Crippen molar-refractivity contribution in [3.8, 4) is 0 Å². The van der Waals surface area contributed by atoms with Crippen LogP contribution in [0.2, 0.25) is 5.02 Å². The maximum absolute atomic E-state index is 11.7. The Hall–Kier alpha value is -1.35. The van der Waals surface area contributed by atoms with E-state index < -0.39 is 0 Å². The fourth-order valence-electron chi connectivity index (χ4n) is 2.42. The molecule has 0 unspecified atom stereocenters. The van der Waals surface area contributed by atoms with Crippen molar-refractivity contribution in [3.63, 3.8) is 0 Å². The topological polar surface area (TPSA) is 41.5 Å². The Bertz CT molecular complexity index is 474. The van der Waals surface area contributed by atoms with Gasteiger partial charge in [0.05, 0.1) is 6.21 Å². The number of nitrogens with zero attached hydrogens (tertiary/aromatic N) is 1. The third-order valence-corrected chi connectivity index (χ3v) is 3.99. The summed E-state index contributed by atoms with van der Waals surface area (Å²) in [6.45, 7) is 2.24. The standard InChI is InChI=1S/C19H29ClN2O/c1-2-3-4-5-6-7-8-9-10-14-19(23)22-21-16-17-12-11-13-18(20)15-17/h11-13,15-16H,2-10,14H2,1H3,(H,22,23)/b21-16+. The number of hydrogen-bond acceptors (Lipinski definition) is 2. The molecule has 1 amide bonds. The molecule has 23 heavy (non-hydrogen) atoms. The molecule has 128 valence electrons. The number of rotatable bonds is 12. The molecule has 0 aliphatic heterocycles. The number of unbranched alkanes of at least 4 members (excludes halogenated alkanes) is 8. The van der Waals surface area contributed by atoms with Gasteiger partial charge in [0.25, 0.3) is 0 Å². The molecule has 0 bridgehead atoms. The molecule has 0 atom stereocenters. The van der Waals surface area contributed by atoms with E-state index >= 15 is 0 Å². The van der Waals surface area contributed by atoms with Crippen molar-refractivity contribution < 1.29 is 4.79 Å². The molecule has 3 nitrogen and oxygen atoms in total. The number of hydrogen-bond donors (Lipinski definition) is 1. The van der Waals surface area contributed by atoms with Gasteiger partial charge in [-0.25, -0.2) is 5.43 Å². The highest BCUT2D eigenvalue weighted by molar-refractivity contribution is 6.30. The minimum atomic E-state index is -0.0220. The van der Waals surface area contributed by atoms with Gasteiger partial charge in [0, 0.05) is 11.4 Å². The molecule has 0 saturated carbocycles. The highest BCUT2D eigenvalue weighted by atomic mass is 35.5. The van der Waals surface area contributed by atoms with Crippen LogP contribution in [0.1, 0.15) is 76.7 Å². The second kappa shape index (κ2) is 13.1. The number of halogens is 1. The molecule has 0 aromatic heterocycles. The predicted octanol–water partition coefficient (Wildman–Crippen LogP) is 5.71. The van der Waals surface area contributed by atoms with Crippen molar-refractivity contribution in [2.24, 2.45) is 5.10 Å². The van der Waals surface area contributed by atoms with E-state index in [4.69, 9.17) is 11.6 Å². The molecular formula is C19H29ClN2O. The number of amides is 1. The van der Waals surface area contributed by atoms with Crippen molar-refractivity contribution in [3.05, 3.63) is 34.9 Å². The summed E-state index contributed by atoms with van der Waals surface area (Å²) < 4.78 is 0. The smallest absolute Gasteiger partial charge is 0.240 e. The highest BCUT2D eigenvalue weighted by Crippen LogP contribution is 2.10. The summed E-state index contributed by atoms with van der Waals surface area (Å²) in [5.41, 5.74) is 3.44. The summed E-state index contributed by atoms with van der Waals surface area (Å²) in [5, 5.41) is 4.62. The van der Waals surface area contributed by atoms with E-state index in [-0.39, 0.29) is 5.91 Å². The Labute approximate surface area is 145 Å². The highest BCUT2D eigenvalue weighted by Gasteiger charge is 1.99. The summed E-state index contributed by atoms with van der Waals surface area (Å²) >= 11 is 5.88. The molecule has 1 aromatic rings. The molecule has 1 aromatic carbocycles. The summed E-state index contributed by atoms with van der Waals surface area (Å²) in [5.74, 6) is -0.0220. The van der Waals surface area contributed by atoms with Crippen LogP contribution in [-0.2, 0) is 4.79 Å². The minimum Gasteiger partial charge on any atom is -0.273 e. The van der Waals surface area contributed by atoms with Crippen LogP contribution in [-0.4, -0.2) is 12.1 Å². The van der Waals surface area contributed by atoms with Crippen LogP contribution in [0, 0.1) is 0 Å². The van der Waals surface area contributed by atoms with Gasteiger partial charge >= 0.3 is 0 Å². The number of nitrogens with one attached hydrogen (secondary N) is 1. The van der Waals surface area contributed by atoms with E-state index in [0.29, 0.717) is 11.4 Å². The quantitative estimate of drug-likeness (QED) is 0.296. The van der Waals surface area contributed by atoms with Crippen LogP contribution in [0.25, 0.3) is 0 Å². The van der Waals surface area contributed by atoms with E-state index in [0.717, 1.165) is 18.4 Å². The zero-order valence-corrected chi connectivity index (χ0v) is 14.9. The lowest BCUT2D eigenvalue weighted by atomic mass is 10.1. The van der Waals surface area contributed by atoms with Crippen LogP contribution in [0.4, 0.5) is 0 Å². The summed E-state index contributed by atoms with van der Waals surface area (Å²) in [6, 6.07) is 7.36. The number of carbonyl (C=O) groups excluding carboxylic acids is 1. The van der Waals surface area contributed by atoms with Gasteiger partial charge in [-0.2, -0.15) is 5.10 Å². The van der Waals surface area contributed by atoms with Crippen molar-refractivity contribution >= 4 is 23.7 Å². The first-order valence-electron chi connectivity index (χ1n) is 8.80. The van der Waals surface area contributed by atoms with Crippen molar-refractivity contribution in [1.29, 1.82) is 0 Å². The average Bonchev–Trinajstić information content (AvgIpc) is 2.53. The molecule has 0 spiro atoms. The molecule has 1 N–H and O–H groups in total. The van der Waals surface area contributed by atoms with E-state index in [1.807, 2.05) is 12.1 Å². The molecule has 0 fully saturated rings. The molecular weight excluding hydrogens is 308 g/mol. The maximum atomic E-state index is 11.7. The van der Waals surface area contributed by atoms with Gasteiger partial charge < -0.3 is 0 Å². The van der Waals surface area contributed by atoms with Crippen LogP contribution in [0.5, 0.6) is 0 Å². The zero-order chi connectivity index (χ0) is 16.8. The summed E-state index contributed by atoms with van der Waals surface area (Å²) in [6.07, 6.45) is 13.4. The van der Waals surface area contributed by atoms with E-state index in [2.05, 4.69) is 17.5 Å². The molecule has 4 heteroatoms. The van der Waals surface area contributed by atoms with Gasteiger partial charge in [0.2, 0.25) is 5.91 Å². The third kappa shape index (κ3) is 10.9. The number of benzene rings is 1. The monoisotopic (exact) mass is 336 g/mol. The first-order chi connectivity index (χ1) is 11.2. The maximum Gasteiger partial charge on any atom is 0.240 e. The number of carbonyl (C=O) groups is 1. The summed E-state index contributed by atoms with van der Waals surface area (Å²) in [4.78, 5) is 11.7. The Morgan fingerprint density at radius 1 is 1.09 bits per heavy atom. The average molecular weight is 337 g/mol. The largest absolute Gasteiger partial charge is 0.273 e. The molecule has 0 aliphatic rings. The summed E-state index contributed by atoms with van der Waals surface area (Å²) in [7, 11) is 0. The van der Waals surface area contributed by atoms with Crippen LogP contribution < -0.4 is 5.43 Å². The Morgan fingerprint density at radius 3 is 2.39 bits per heavy atom. The Balaban J connectivity index is 2.00. The van der Waals surface area contributed by atoms with Gasteiger partial charge in [-0.15, -0.1) is 0 Å². The van der Waals surface area contributed by atoms with Gasteiger partial charge in [0.1, 0.15) is 0 Å². The first-order valence-corrected chi connectivity index (χ1v) is 9.17. The van der Waals surface area contributed by atoms with Gasteiger partial charge in [-0.1, -0.05) is 82.0 Å². The van der Waals surface area contributed by atoms with Crippen molar-refractivity contribution in [2.75, 3.05) is 0 Å². The zero-order valence-electron chi connectivity index (χ0n) is 14.2. The van der Waals surface area contributed by atoms with Gasteiger partial charge in [-0.3, -0.25) is 4.79 Å². The third-order valence-electron chi connectivity index (χ3n) is 3.76. The minimum absolute atomic E-state index is 0.0220. The van der Waals surface area contributed by atoms with Gasteiger partial charge in [0.15, 0.2) is 0 Å². The lowest BCUT2D eigenvalue weighted by Gasteiger charge is -2.02. The SMILES string of the molecule is CCCCCCCCCCCC(=O)N/N=C/c1cccc(Cl)c1. The second-order valence-corrected chi connectivity index (χ2v) is 6.36. The van der Waals surface area contributed by atoms with Crippen molar-refractivity contribution in [1.82, 2.24) is 5.43 Å². The van der Waals surface area contributed by atoms with Gasteiger partial charge in [-0.05, 0) is 24.1 Å². The normalized spacial score (nSPS) is 11.0. The lowest BCUT2D eigenvalue weighted by molar-refractivity contribution is -0.121. The predicted molar refractivity (Wildman–Crippen MR) is 99.0 cm³/mol.